The number of allylic oxidation sites excluding steroid dienone is 2. The molecule has 0 saturated heterocycles. The number of ether oxygens (including phenoxy) is 1. The molecule has 4 aliphatic carbocycles. The van der Waals surface area contributed by atoms with Crippen LogP contribution in [0.5, 0.6) is 0 Å². The maximum Gasteiger partial charge on any atom is 0.192 e. The van der Waals surface area contributed by atoms with Gasteiger partial charge in [0, 0.05) is 28.0 Å². The zero-order valence-corrected chi connectivity index (χ0v) is 31.5. The van der Waals surface area contributed by atoms with E-state index < -0.39 is 0 Å². The Kier molecular flexibility index (Phi) is 6.74. The number of benzene rings is 1. The minimum atomic E-state index is -0.370. The van der Waals surface area contributed by atoms with Crippen LogP contribution in [0.15, 0.2) is 36.4 Å². The third-order valence-corrected chi connectivity index (χ3v) is 15.4. The monoisotopic (exact) mass is 649 g/mol. The summed E-state index contributed by atoms with van der Waals surface area (Å²) in [5, 5.41) is 11.4. The number of hydrogen-bond donors (Lipinski definition) is 1. The van der Waals surface area contributed by atoms with Crippen LogP contribution in [0.3, 0.4) is 0 Å². The number of fused-ring (bicyclic) bond motifs is 11. The van der Waals surface area contributed by atoms with Crippen LogP contribution in [-0.2, 0) is 16.6 Å². The average molecular weight is 650 g/mol. The lowest BCUT2D eigenvalue weighted by Gasteiger charge is -2.65. The highest BCUT2D eigenvalue weighted by atomic mass is 16.5. The molecule has 10 atom stereocenters. The van der Waals surface area contributed by atoms with Gasteiger partial charge in [-0.25, -0.2) is 0 Å². The summed E-state index contributed by atoms with van der Waals surface area (Å²) < 4.78 is 9.25. The minimum absolute atomic E-state index is 0.0557. The molecule has 1 N–H and O–H groups in total. The highest BCUT2D eigenvalue weighted by Crippen LogP contribution is 2.72. The third-order valence-electron chi connectivity index (χ3n) is 15.4. The first kappa shape index (κ1) is 32.8. The van der Waals surface area contributed by atoms with E-state index in [0.717, 1.165) is 17.6 Å². The van der Waals surface area contributed by atoms with Gasteiger partial charge >= 0.3 is 0 Å². The lowest BCUT2D eigenvalue weighted by atomic mass is 9.39. The van der Waals surface area contributed by atoms with Gasteiger partial charge in [-0.05, 0) is 149 Å². The van der Waals surface area contributed by atoms with Crippen LogP contribution >= 0.6 is 0 Å². The van der Waals surface area contributed by atoms with Crippen LogP contribution in [0, 0.1) is 34.5 Å². The number of aliphatic hydroxyl groups is 1. The number of ketones is 1. The van der Waals surface area contributed by atoms with Crippen LogP contribution in [0.1, 0.15) is 153 Å². The van der Waals surface area contributed by atoms with Crippen LogP contribution in [0.25, 0.3) is 16.5 Å². The van der Waals surface area contributed by atoms with E-state index in [-0.39, 0.29) is 57.2 Å². The number of nitrogens with zero attached hydrogens (tertiary/aromatic N) is 1. The van der Waals surface area contributed by atoms with Crippen LogP contribution in [-0.4, -0.2) is 32.8 Å². The zero-order valence-electron chi connectivity index (χ0n) is 31.5. The number of rotatable bonds is 4. The van der Waals surface area contributed by atoms with Gasteiger partial charge < -0.3 is 14.4 Å². The van der Waals surface area contributed by atoms with E-state index in [4.69, 9.17) is 4.74 Å². The quantitative estimate of drug-likeness (QED) is 0.335. The Balaban J connectivity index is 1.38. The van der Waals surface area contributed by atoms with Crippen molar-refractivity contribution in [3.63, 3.8) is 0 Å². The molecule has 2 saturated carbocycles. The summed E-state index contributed by atoms with van der Waals surface area (Å²) in [5.74, 6) is 2.32. The van der Waals surface area contributed by atoms with E-state index in [0.29, 0.717) is 24.2 Å². The van der Waals surface area contributed by atoms with Crippen molar-refractivity contribution in [2.45, 2.75) is 149 Å². The normalized spacial score (nSPS) is 40.8. The summed E-state index contributed by atoms with van der Waals surface area (Å²) in [6.07, 6.45) is 13.4. The lowest BCUT2D eigenvalue weighted by molar-refractivity contribution is -0.127. The largest absolute Gasteiger partial charge is 0.393 e. The second kappa shape index (κ2) is 9.87. The zero-order chi connectivity index (χ0) is 34.7. The molecule has 8 rings (SSSR count). The molecule has 2 aliphatic heterocycles. The molecule has 2 aromatic rings. The second-order valence-electron chi connectivity index (χ2n) is 19.0. The summed E-state index contributed by atoms with van der Waals surface area (Å²) in [4.78, 5) is 15.0. The summed E-state index contributed by atoms with van der Waals surface area (Å²) in [5.41, 5.74) is 9.36. The van der Waals surface area contributed by atoms with Crippen LogP contribution < -0.4 is 0 Å². The van der Waals surface area contributed by atoms with Gasteiger partial charge in [-0.3, -0.25) is 4.79 Å². The fourth-order valence-corrected chi connectivity index (χ4v) is 13.4. The van der Waals surface area contributed by atoms with Crippen molar-refractivity contribution in [1.82, 2.24) is 4.57 Å². The van der Waals surface area contributed by atoms with Gasteiger partial charge in [-0.1, -0.05) is 58.9 Å². The van der Waals surface area contributed by atoms with Crippen molar-refractivity contribution in [3.8, 4) is 0 Å². The van der Waals surface area contributed by atoms with Crippen molar-refractivity contribution in [2.75, 3.05) is 0 Å². The maximum atomic E-state index is 15.0. The molecule has 2 fully saturated rings. The summed E-state index contributed by atoms with van der Waals surface area (Å²) >= 11 is 0. The predicted octanol–water partition coefficient (Wildman–Crippen LogP) is 10.3. The van der Waals surface area contributed by atoms with Gasteiger partial charge in [0.1, 0.15) is 6.04 Å². The van der Waals surface area contributed by atoms with E-state index in [1.807, 2.05) is 6.92 Å². The van der Waals surface area contributed by atoms with Crippen LogP contribution in [0.4, 0.5) is 0 Å². The molecule has 1 aromatic carbocycles. The molecule has 48 heavy (non-hydrogen) atoms. The van der Waals surface area contributed by atoms with Gasteiger partial charge in [0.25, 0.3) is 0 Å². The topological polar surface area (TPSA) is 51.5 Å². The van der Waals surface area contributed by atoms with E-state index in [1.54, 1.807) is 0 Å². The predicted molar refractivity (Wildman–Crippen MR) is 197 cm³/mol. The Morgan fingerprint density at radius 3 is 2.50 bits per heavy atom. The molecule has 3 unspecified atom stereocenters. The number of aliphatic hydroxyl groups excluding tert-OH is 1. The fraction of sp³-hybridized carbons (Fsp3) is 0.659. The molecule has 4 nitrogen and oxygen atoms in total. The number of carbonyl (C=O) groups excluding carboxylic acids is 1. The van der Waals surface area contributed by atoms with E-state index >= 15 is 0 Å². The standard InChI is InChI=1S/C44H59NO3/c1-23(2)36-38(47)34-33-26(5)35-31(22-40(6,7)48-41(35,8)9)28(33)21-29-30-20-27-15-16-32-42(10,18-13-14-25(4)46)24(3)17-19-43(32,11)44(27,12)39(30)45(36)37(29)34/h13,18,21-22,24-27,32,35-36,46H,1,14-17,19-20H2,2-12H3/b18-13+/t24-,25?,26+,27?,32-,35?,36-,42+,43-,44+/m0/s1. The van der Waals surface area contributed by atoms with Gasteiger partial charge in [-0.15, -0.1) is 0 Å². The van der Waals surface area contributed by atoms with Crippen molar-refractivity contribution in [3.05, 3.63) is 64.4 Å². The molecule has 6 aliphatic rings. The SMILES string of the molecule is C=C(C)[C@H]1C(=O)c2c3c(cc4c5c(n1c24)[C@@]1(C)C(CC[C@H]2[C@](C)(/C=C/CC(C)O)[C@@H](C)CC[C@@]21C)C5)C1=CC(C)(C)OC(C)(C)C1[C@@H]3C. The first-order valence-electron chi connectivity index (χ1n) is 19.0. The summed E-state index contributed by atoms with van der Waals surface area (Å²) in [6.45, 7) is 29.8. The first-order chi connectivity index (χ1) is 22.3. The smallest absolute Gasteiger partial charge is 0.192 e. The molecule has 258 valence electrons. The van der Waals surface area contributed by atoms with Crippen molar-refractivity contribution in [2.24, 2.45) is 34.5 Å². The van der Waals surface area contributed by atoms with Gasteiger partial charge in [0.2, 0.25) is 0 Å². The Morgan fingerprint density at radius 1 is 1.12 bits per heavy atom. The lowest BCUT2D eigenvalue weighted by Crippen LogP contribution is -2.60. The summed E-state index contributed by atoms with van der Waals surface area (Å²) in [6, 6.07) is 2.17. The van der Waals surface area contributed by atoms with Crippen molar-refractivity contribution < 1.29 is 14.6 Å². The van der Waals surface area contributed by atoms with E-state index in [9.17, 15) is 9.90 Å². The average Bonchev–Trinajstić information content (AvgIpc) is 3.63. The molecule has 0 radical (unpaired) electrons. The molecule has 0 amide bonds. The van der Waals surface area contributed by atoms with Gasteiger partial charge in [0.05, 0.1) is 22.8 Å². The molecule has 1 aromatic heterocycles. The fourth-order valence-electron chi connectivity index (χ4n) is 13.4. The molecule has 3 heterocycles. The van der Waals surface area contributed by atoms with Crippen LogP contribution in [0.2, 0.25) is 0 Å². The summed E-state index contributed by atoms with van der Waals surface area (Å²) in [7, 11) is 0. The Morgan fingerprint density at radius 2 is 1.83 bits per heavy atom. The Hall–Kier alpha value is -2.43. The Labute approximate surface area is 289 Å². The number of aromatic nitrogens is 1. The Bertz CT molecular complexity index is 1850. The van der Waals surface area contributed by atoms with E-state index in [1.165, 1.54) is 64.5 Å². The first-order valence-corrected chi connectivity index (χ1v) is 19.0. The molecule has 0 spiro atoms. The van der Waals surface area contributed by atoms with E-state index in [2.05, 4.69) is 105 Å². The van der Waals surface area contributed by atoms with Crippen molar-refractivity contribution >= 4 is 22.3 Å². The molecular formula is C44H59NO3. The second-order valence-corrected chi connectivity index (χ2v) is 19.0. The number of Topliss-reactive ketones (excluding diaryl/α,β-unsaturated/α-hetero) is 1. The highest BCUT2D eigenvalue weighted by Gasteiger charge is 2.67. The number of hydrogen-bond acceptors (Lipinski definition) is 3. The van der Waals surface area contributed by atoms with Gasteiger partial charge in [-0.2, -0.15) is 0 Å². The number of carbonyl (C=O) groups is 1. The molecule has 4 heteroatoms. The molecular weight excluding hydrogens is 590 g/mol. The third kappa shape index (κ3) is 3.83. The highest BCUT2D eigenvalue weighted by molar-refractivity contribution is 6.18. The maximum absolute atomic E-state index is 15.0. The minimum Gasteiger partial charge on any atom is -0.393 e. The van der Waals surface area contributed by atoms with Crippen molar-refractivity contribution in [1.29, 1.82) is 0 Å². The molecule has 0 bridgehead atoms. The van der Waals surface area contributed by atoms with Gasteiger partial charge in [0.15, 0.2) is 5.78 Å².